The second-order valence-electron chi connectivity index (χ2n) is 5.58. The van der Waals surface area contributed by atoms with E-state index in [0.29, 0.717) is 38.3 Å². The van der Waals surface area contributed by atoms with Gasteiger partial charge < -0.3 is 15.4 Å². The van der Waals surface area contributed by atoms with Crippen molar-refractivity contribution < 1.29 is 13.2 Å². The number of sulfonamides is 1. The fourth-order valence-corrected chi connectivity index (χ4v) is 2.91. The smallest absolute Gasteiger partial charge is 0.208 e. The molecule has 1 rings (SSSR count). The van der Waals surface area contributed by atoms with Gasteiger partial charge >= 0.3 is 0 Å². The van der Waals surface area contributed by atoms with E-state index in [9.17, 15) is 8.42 Å². The van der Waals surface area contributed by atoms with Crippen LogP contribution in [0.5, 0.6) is 0 Å². The zero-order valence-electron chi connectivity index (χ0n) is 13.7. The molecule has 0 aliphatic heterocycles. The van der Waals surface area contributed by atoms with E-state index in [1.165, 1.54) is 38.5 Å². The summed E-state index contributed by atoms with van der Waals surface area (Å²) in [6.07, 6.45) is 9.09. The van der Waals surface area contributed by atoms with Crippen LogP contribution in [0, 0.1) is 0 Å². The van der Waals surface area contributed by atoms with E-state index in [1.807, 2.05) is 0 Å². The van der Waals surface area contributed by atoms with Gasteiger partial charge in [0, 0.05) is 26.7 Å². The Morgan fingerprint density at radius 2 is 1.73 bits per heavy atom. The Morgan fingerprint density at radius 3 is 2.32 bits per heavy atom. The summed E-state index contributed by atoms with van der Waals surface area (Å²) in [6.45, 7) is 2.16. The van der Waals surface area contributed by atoms with Crippen LogP contribution in [-0.2, 0) is 14.8 Å². The van der Waals surface area contributed by atoms with Crippen molar-refractivity contribution >= 4 is 16.0 Å². The van der Waals surface area contributed by atoms with E-state index in [-0.39, 0.29) is 0 Å². The van der Waals surface area contributed by atoms with Gasteiger partial charge in [0.05, 0.1) is 19.0 Å². The molecule has 0 unspecified atom stereocenters. The van der Waals surface area contributed by atoms with Crippen molar-refractivity contribution in [3.05, 3.63) is 0 Å². The molecule has 0 saturated heterocycles. The molecule has 0 heterocycles. The fraction of sp³-hybridized carbons (Fsp3) is 0.929. The maximum Gasteiger partial charge on any atom is 0.208 e. The van der Waals surface area contributed by atoms with Crippen molar-refractivity contribution in [1.82, 2.24) is 15.4 Å². The van der Waals surface area contributed by atoms with Crippen molar-refractivity contribution in [1.29, 1.82) is 0 Å². The second kappa shape index (κ2) is 10.8. The molecular formula is C14H30N4O3S. The van der Waals surface area contributed by atoms with Crippen LogP contribution in [0.1, 0.15) is 38.5 Å². The Labute approximate surface area is 134 Å². The van der Waals surface area contributed by atoms with Crippen molar-refractivity contribution in [3.8, 4) is 0 Å². The molecule has 3 N–H and O–H groups in total. The first-order chi connectivity index (χ1) is 10.5. The molecule has 0 aromatic rings. The fourth-order valence-electron chi connectivity index (χ4n) is 2.44. The molecule has 1 aliphatic rings. The monoisotopic (exact) mass is 334 g/mol. The molecule has 0 bridgehead atoms. The highest BCUT2D eigenvalue weighted by Crippen LogP contribution is 2.19. The van der Waals surface area contributed by atoms with Crippen molar-refractivity contribution in [2.45, 2.75) is 44.6 Å². The first-order valence-electron chi connectivity index (χ1n) is 8.02. The highest BCUT2D eigenvalue weighted by atomic mass is 32.2. The lowest BCUT2D eigenvalue weighted by molar-refractivity contribution is 0.0468. The molecule has 22 heavy (non-hydrogen) atoms. The zero-order valence-corrected chi connectivity index (χ0v) is 14.5. The van der Waals surface area contributed by atoms with Crippen LogP contribution >= 0.6 is 0 Å². The second-order valence-corrected chi connectivity index (χ2v) is 7.41. The SMILES string of the molecule is CN=C(NCCNS(C)(=O)=O)NCCOC1CCCCCC1. The Balaban J connectivity index is 2.08. The van der Waals surface area contributed by atoms with E-state index in [4.69, 9.17) is 4.74 Å². The first-order valence-corrected chi connectivity index (χ1v) is 9.91. The Morgan fingerprint density at radius 1 is 1.09 bits per heavy atom. The van der Waals surface area contributed by atoms with Gasteiger partial charge in [0.2, 0.25) is 10.0 Å². The number of nitrogens with one attached hydrogen (secondary N) is 3. The molecule has 0 aromatic heterocycles. The minimum atomic E-state index is -3.14. The first kappa shape index (κ1) is 19.2. The third-order valence-electron chi connectivity index (χ3n) is 3.56. The van der Waals surface area contributed by atoms with Gasteiger partial charge in [0.25, 0.3) is 0 Å². The van der Waals surface area contributed by atoms with Crippen LogP contribution in [0.4, 0.5) is 0 Å². The molecule has 130 valence electrons. The normalized spacial score (nSPS) is 18.0. The number of hydrogen-bond acceptors (Lipinski definition) is 4. The lowest BCUT2D eigenvalue weighted by Crippen LogP contribution is -2.42. The van der Waals surface area contributed by atoms with E-state index in [2.05, 4.69) is 20.3 Å². The average Bonchev–Trinajstić information content (AvgIpc) is 2.73. The summed E-state index contributed by atoms with van der Waals surface area (Å²) in [5.74, 6) is 0.653. The maximum atomic E-state index is 10.9. The molecule has 1 saturated carbocycles. The van der Waals surface area contributed by atoms with E-state index in [1.54, 1.807) is 7.05 Å². The predicted molar refractivity (Wildman–Crippen MR) is 89.7 cm³/mol. The molecular weight excluding hydrogens is 304 g/mol. The average molecular weight is 334 g/mol. The van der Waals surface area contributed by atoms with Gasteiger partial charge in [0.15, 0.2) is 5.96 Å². The van der Waals surface area contributed by atoms with Gasteiger partial charge in [0.1, 0.15) is 0 Å². The largest absolute Gasteiger partial charge is 0.376 e. The van der Waals surface area contributed by atoms with E-state index >= 15 is 0 Å². The van der Waals surface area contributed by atoms with E-state index in [0.717, 1.165) is 6.26 Å². The van der Waals surface area contributed by atoms with Crippen LogP contribution in [-0.4, -0.2) is 60.0 Å². The minimum Gasteiger partial charge on any atom is -0.376 e. The molecule has 0 spiro atoms. The summed E-state index contributed by atoms with van der Waals surface area (Å²) >= 11 is 0. The van der Waals surface area contributed by atoms with Gasteiger partial charge in [-0.15, -0.1) is 0 Å². The number of aliphatic imine (C=N–C) groups is 1. The summed E-state index contributed by atoms with van der Waals surface area (Å²) in [5, 5.41) is 6.21. The highest BCUT2D eigenvalue weighted by molar-refractivity contribution is 7.88. The Bertz CT molecular complexity index is 418. The highest BCUT2D eigenvalue weighted by Gasteiger charge is 2.12. The van der Waals surface area contributed by atoms with Crippen molar-refractivity contribution in [3.63, 3.8) is 0 Å². The van der Waals surface area contributed by atoms with Crippen LogP contribution in [0.25, 0.3) is 0 Å². The van der Waals surface area contributed by atoms with Gasteiger partial charge in [-0.2, -0.15) is 0 Å². The third kappa shape index (κ3) is 9.97. The van der Waals surface area contributed by atoms with Crippen LogP contribution < -0.4 is 15.4 Å². The zero-order chi connectivity index (χ0) is 16.3. The maximum absolute atomic E-state index is 10.9. The van der Waals surface area contributed by atoms with Crippen molar-refractivity contribution in [2.75, 3.05) is 39.5 Å². The summed E-state index contributed by atoms with van der Waals surface area (Å²) in [6, 6.07) is 0. The Hall–Kier alpha value is -0.860. The van der Waals surface area contributed by atoms with Gasteiger partial charge in [-0.05, 0) is 12.8 Å². The molecule has 8 heteroatoms. The molecule has 1 aliphatic carbocycles. The quantitative estimate of drug-likeness (QED) is 0.259. The van der Waals surface area contributed by atoms with Crippen molar-refractivity contribution in [2.24, 2.45) is 4.99 Å². The molecule has 7 nitrogen and oxygen atoms in total. The van der Waals surface area contributed by atoms with E-state index < -0.39 is 10.0 Å². The number of ether oxygens (including phenoxy) is 1. The van der Waals surface area contributed by atoms with Gasteiger partial charge in [-0.25, -0.2) is 13.1 Å². The predicted octanol–water partition coefficient (Wildman–Crippen LogP) is 0.440. The molecule has 0 atom stereocenters. The molecule has 0 amide bonds. The number of guanidine groups is 1. The summed E-state index contributed by atoms with van der Waals surface area (Å²) in [4.78, 5) is 4.08. The lowest BCUT2D eigenvalue weighted by atomic mass is 10.1. The van der Waals surface area contributed by atoms with Crippen LogP contribution in [0.2, 0.25) is 0 Å². The number of rotatable bonds is 8. The van der Waals surface area contributed by atoms with Crippen LogP contribution in [0.3, 0.4) is 0 Å². The standard InChI is InChI=1S/C14H30N4O3S/c1-15-14(16-9-10-18-22(2,19)20)17-11-12-21-13-7-5-3-4-6-8-13/h13,18H,3-12H2,1-2H3,(H2,15,16,17). The van der Waals surface area contributed by atoms with Crippen LogP contribution in [0.15, 0.2) is 4.99 Å². The van der Waals surface area contributed by atoms with Gasteiger partial charge in [-0.1, -0.05) is 25.7 Å². The number of hydrogen-bond donors (Lipinski definition) is 3. The summed E-state index contributed by atoms with van der Waals surface area (Å²) in [5.41, 5.74) is 0. The Kier molecular flexibility index (Phi) is 9.42. The molecule has 1 fully saturated rings. The molecule has 0 radical (unpaired) electrons. The van der Waals surface area contributed by atoms with Gasteiger partial charge in [-0.3, -0.25) is 4.99 Å². The summed E-state index contributed by atoms with van der Waals surface area (Å²) in [7, 11) is -1.45. The summed E-state index contributed by atoms with van der Waals surface area (Å²) < 4.78 is 30.2. The third-order valence-corrected chi connectivity index (χ3v) is 4.28. The minimum absolute atomic E-state index is 0.331. The molecule has 0 aromatic carbocycles. The lowest BCUT2D eigenvalue weighted by Gasteiger charge is -2.16. The number of nitrogens with zero attached hydrogens (tertiary/aromatic N) is 1. The topological polar surface area (TPSA) is 91.8 Å².